The summed E-state index contributed by atoms with van der Waals surface area (Å²) in [5, 5.41) is 3.85. The Kier molecular flexibility index (Phi) is 4.15. The van der Waals surface area contributed by atoms with Gasteiger partial charge in [-0.15, -0.1) is 12.4 Å². The molecule has 4 nitrogen and oxygen atoms in total. The monoisotopic (exact) mass is 253 g/mol. The number of nitrogens with two attached hydrogens (primary N) is 1. The van der Waals surface area contributed by atoms with Gasteiger partial charge in [0.1, 0.15) is 0 Å². The Bertz CT molecular complexity index is 534. The topological polar surface area (TPSA) is 70.9 Å². The van der Waals surface area contributed by atoms with Gasteiger partial charge in [-0.1, -0.05) is 0 Å². The van der Waals surface area contributed by atoms with E-state index in [-0.39, 0.29) is 18.3 Å². The second-order valence-electron chi connectivity index (χ2n) is 4.03. The van der Waals surface area contributed by atoms with Crippen LogP contribution in [0.25, 0.3) is 10.9 Å². The average molecular weight is 254 g/mol. The number of fused-ring (bicyclic) bond motifs is 1. The number of hydrogen-bond acceptors (Lipinski definition) is 2. The number of aryl methyl sites for hydroxylation is 1. The summed E-state index contributed by atoms with van der Waals surface area (Å²) in [7, 11) is 0. The van der Waals surface area contributed by atoms with Gasteiger partial charge in [0.25, 0.3) is 0 Å². The Hall–Kier alpha value is -1.52. The molecule has 1 heterocycles. The third-order valence-corrected chi connectivity index (χ3v) is 2.44. The van der Waals surface area contributed by atoms with E-state index >= 15 is 0 Å². The fourth-order valence-electron chi connectivity index (χ4n) is 1.61. The van der Waals surface area contributed by atoms with Crippen molar-refractivity contribution in [1.29, 1.82) is 0 Å². The lowest BCUT2D eigenvalue weighted by Crippen LogP contribution is -2.32. The van der Waals surface area contributed by atoms with Crippen molar-refractivity contribution in [2.45, 2.75) is 19.9 Å². The first-order chi connectivity index (χ1) is 7.56. The second-order valence-corrected chi connectivity index (χ2v) is 4.03. The van der Waals surface area contributed by atoms with Crippen LogP contribution in [0.1, 0.15) is 12.6 Å². The maximum atomic E-state index is 11.4. The first kappa shape index (κ1) is 13.5. The molecule has 0 bridgehead atoms. The highest BCUT2D eigenvalue weighted by Crippen LogP contribution is 2.19. The number of nitrogens with one attached hydrogen (secondary N) is 2. The molecule has 0 aliphatic heterocycles. The zero-order chi connectivity index (χ0) is 11.7. The number of carbonyl (C=O) groups excluding carboxylic acids is 1. The van der Waals surface area contributed by atoms with E-state index in [9.17, 15) is 4.79 Å². The van der Waals surface area contributed by atoms with E-state index in [1.54, 1.807) is 6.92 Å². The van der Waals surface area contributed by atoms with E-state index in [0.29, 0.717) is 0 Å². The lowest BCUT2D eigenvalue weighted by Gasteiger charge is -2.07. The van der Waals surface area contributed by atoms with E-state index in [2.05, 4.69) is 10.3 Å². The van der Waals surface area contributed by atoms with Crippen molar-refractivity contribution < 1.29 is 4.79 Å². The van der Waals surface area contributed by atoms with Crippen LogP contribution in [-0.2, 0) is 4.79 Å². The van der Waals surface area contributed by atoms with Crippen LogP contribution < -0.4 is 11.1 Å². The van der Waals surface area contributed by atoms with Gasteiger partial charge in [0, 0.05) is 22.3 Å². The van der Waals surface area contributed by atoms with E-state index in [0.717, 1.165) is 22.3 Å². The highest BCUT2D eigenvalue weighted by Gasteiger charge is 2.07. The molecule has 2 rings (SSSR count). The van der Waals surface area contributed by atoms with Crippen LogP contribution in [0.3, 0.4) is 0 Å². The lowest BCUT2D eigenvalue weighted by atomic mass is 10.2. The molecule has 0 saturated carbocycles. The summed E-state index contributed by atoms with van der Waals surface area (Å²) in [4.78, 5) is 14.6. The van der Waals surface area contributed by atoms with Crippen LogP contribution in [0.15, 0.2) is 24.3 Å². The van der Waals surface area contributed by atoms with Crippen LogP contribution in [0.4, 0.5) is 5.69 Å². The molecule has 0 unspecified atom stereocenters. The fourth-order valence-corrected chi connectivity index (χ4v) is 1.61. The van der Waals surface area contributed by atoms with Crippen molar-refractivity contribution in [1.82, 2.24) is 4.98 Å². The van der Waals surface area contributed by atoms with Gasteiger partial charge in [-0.25, -0.2) is 0 Å². The van der Waals surface area contributed by atoms with Gasteiger partial charge in [0.05, 0.1) is 6.04 Å². The van der Waals surface area contributed by atoms with Crippen molar-refractivity contribution >= 4 is 34.9 Å². The smallest absolute Gasteiger partial charge is 0.240 e. The summed E-state index contributed by atoms with van der Waals surface area (Å²) < 4.78 is 0. The van der Waals surface area contributed by atoms with Gasteiger partial charge in [0.2, 0.25) is 5.91 Å². The molecule has 0 fully saturated rings. The Morgan fingerprint density at radius 2 is 2.12 bits per heavy atom. The highest BCUT2D eigenvalue weighted by atomic mass is 35.5. The molecule has 4 N–H and O–H groups in total. The van der Waals surface area contributed by atoms with Gasteiger partial charge in [0.15, 0.2) is 0 Å². The van der Waals surface area contributed by atoms with E-state index in [1.165, 1.54) is 0 Å². The zero-order valence-corrected chi connectivity index (χ0v) is 10.6. The molecule has 0 radical (unpaired) electrons. The summed E-state index contributed by atoms with van der Waals surface area (Å²) in [6.07, 6.45) is 0. The molecule has 1 aromatic heterocycles. The molecule has 92 valence electrons. The number of carbonyl (C=O) groups is 1. The lowest BCUT2D eigenvalue weighted by molar-refractivity contribution is -0.117. The van der Waals surface area contributed by atoms with Gasteiger partial charge < -0.3 is 16.0 Å². The van der Waals surface area contributed by atoms with Crippen LogP contribution in [0.5, 0.6) is 0 Å². The minimum atomic E-state index is -0.497. The molecular formula is C12H16ClN3O. The van der Waals surface area contributed by atoms with Crippen molar-refractivity contribution in [2.24, 2.45) is 5.73 Å². The summed E-state index contributed by atoms with van der Waals surface area (Å²) in [6.45, 7) is 3.66. The summed E-state index contributed by atoms with van der Waals surface area (Å²) in [5.74, 6) is -0.174. The molecule has 0 aliphatic rings. The van der Waals surface area contributed by atoms with Crippen LogP contribution in [0.2, 0.25) is 0 Å². The Morgan fingerprint density at radius 1 is 1.41 bits per heavy atom. The summed E-state index contributed by atoms with van der Waals surface area (Å²) >= 11 is 0. The molecule has 2 aromatic rings. The summed E-state index contributed by atoms with van der Waals surface area (Å²) in [5.41, 5.74) is 8.42. The maximum Gasteiger partial charge on any atom is 0.240 e. The van der Waals surface area contributed by atoms with Gasteiger partial charge >= 0.3 is 0 Å². The molecule has 0 saturated heterocycles. The predicted molar refractivity (Wildman–Crippen MR) is 72.6 cm³/mol. The molecule has 1 amide bonds. The highest BCUT2D eigenvalue weighted by molar-refractivity contribution is 5.96. The number of aromatic nitrogens is 1. The van der Waals surface area contributed by atoms with Crippen molar-refractivity contribution in [2.75, 3.05) is 5.32 Å². The average Bonchev–Trinajstić information content (AvgIpc) is 2.57. The SMILES string of the molecule is Cc1cc2cc(NC(=O)[C@H](C)N)ccc2[nH]1.Cl. The Morgan fingerprint density at radius 3 is 2.76 bits per heavy atom. The minimum Gasteiger partial charge on any atom is -0.359 e. The number of rotatable bonds is 2. The number of aromatic amines is 1. The largest absolute Gasteiger partial charge is 0.359 e. The molecular weight excluding hydrogens is 238 g/mol. The van der Waals surface area contributed by atoms with Gasteiger partial charge in [-0.3, -0.25) is 4.79 Å². The normalized spacial score (nSPS) is 11.9. The van der Waals surface area contributed by atoms with Crippen LogP contribution in [0, 0.1) is 6.92 Å². The van der Waals surface area contributed by atoms with E-state index in [1.807, 2.05) is 31.2 Å². The first-order valence-electron chi connectivity index (χ1n) is 5.22. The quantitative estimate of drug-likeness (QED) is 0.768. The number of anilines is 1. The molecule has 1 atom stereocenters. The standard InChI is InChI=1S/C12H15N3O.ClH/c1-7-5-9-6-10(3-4-11(9)14-7)15-12(16)8(2)13;/h3-6,8,14H,13H2,1-2H3,(H,15,16);1H/t8-;/m0./s1. The number of benzene rings is 1. The van der Waals surface area contributed by atoms with Gasteiger partial charge in [-0.05, 0) is 38.1 Å². The number of amides is 1. The fraction of sp³-hybridized carbons (Fsp3) is 0.250. The molecule has 0 aliphatic carbocycles. The van der Waals surface area contributed by atoms with Crippen LogP contribution in [-0.4, -0.2) is 16.9 Å². The molecule has 0 spiro atoms. The molecule has 1 aromatic carbocycles. The molecule has 5 heteroatoms. The van der Waals surface area contributed by atoms with Crippen molar-refractivity contribution in [3.63, 3.8) is 0 Å². The minimum absolute atomic E-state index is 0. The Labute approximate surface area is 106 Å². The van der Waals surface area contributed by atoms with Crippen molar-refractivity contribution in [3.05, 3.63) is 30.0 Å². The van der Waals surface area contributed by atoms with E-state index < -0.39 is 6.04 Å². The van der Waals surface area contributed by atoms with Crippen LogP contribution >= 0.6 is 12.4 Å². The Balaban J connectivity index is 0.00000144. The molecule has 17 heavy (non-hydrogen) atoms. The number of halogens is 1. The number of H-pyrrole nitrogens is 1. The predicted octanol–water partition coefficient (Wildman–Crippen LogP) is 2.18. The first-order valence-corrected chi connectivity index (χ1v) is 5.22. The third kappa shape index (κ3) is 2.99. The van der Waals surface area contributed by atoms with Gasteiger partial charge in [-0.2, -0.15) is 0 Å². The summed E-state index contributed by atoms with van der Waals surface area (Å²) in [6, 6.07) is 7.27. The zero-order valence-electron chi connectivity index (χ0n) is 9.78. The second kappa shape index (κ2) is 5.21. The van der Waals surface area contributed by atoms with Crippen molar-refractivity contribution in [3.8, 4) is 0 Å². The van der Waals surface area contributed by atoms with E-state index in [4.69, 9.17) is 5.73 Å². The third-order valence-electron chi connectivity index (χ3n) is 2.44. The maximum absolute atomic E-state index is 11.4. The number of hydrogen-bond donors (Lipinski definition) is 3.